The minimum Gasteiger partial charge on any atom is -0.544 e. The summed E-state index contributed by atoms with van der Waals surface area (Å²) in [7, 11) is 5.38. The molecule has 0 aromatic heterocycles. The number of carbonyl (C=O) groups excluding carboxylic acids is 3. The lowest BCUT2D eigenvalue weighted by Gasteiger charge is -2.34. The molecule has 0 bridgehead atoms. The maximum absolute atomic E-state index is 12.7. The van der Waals surface area contributed by atoms with Crippen molar-refractivity contribution < 1.29 is 38.2 Å². The van der Waals surface area contributed by atoms with Gasteiger partial charge in [-0.25, -0.2) is 0 Å². The molecule has 0 N–H and O–H groups in total. The molecule has 0 aliphatic rings. The Bertz CT molecular complexity index is 995. The van der Waals surface area contributed by atoms with E-state index < -0.39 is 18.1 Å². The molecule has 0 radical (unpaired) electrons. The second kappa shape index (κ2) is 35.3. The molecule has 0 rings (SSSR count). The third kappa shape index (κ3) is 33.1. The number of carbonyl (C=O) groups is 3. The van der Waals surface area contributed by atoms with Crippen LogP contribution in [-0.4, -0.2) is 75.5 Å². The van der Waals surface area contributed by atoms with E-state index in [0.29, 0.717) is 19.3 Å². The molecule has 52 heavy (non-hydrogen) atoms. The highest BCUT2D eigenvalue weighted by molar-refractivity contribution is 5.70. The predicted octanol–water partition coefficient (Wildman–Crippen LogP) is 9.52. The van der Waals surface area contributed by atoms with Crippen LogP contribution in [0.25, 0.3) is 0 Å². The number of hydrogen-bond donors (Lipinski definition) is 0. The summed E-state index contributed by atoms with van der Waals surface area (Å²) in [5.74, 6) is -1.80. The Morgan fingerprint density at radius 1 is 0.596 bits per heavy atom. The summed E-state index contributed by atoms with van der Waals surface area (Å²) in [5, 5.41) is 11.6. The molecule has 0 heterocycles. The summed E-state index contributed by atoms with van der Waals surface area (Å²) < 4.78 is 17.1. The maximum Gasteiger partial charge on any atom is 0.306 e. The van der Waals surface area contributed by atoms with Gasteiger partial charge in [-0.15, -0.1) is 0 Å². The number of quaternary nitrogens is 1. The van der Waals surface area contributed by atoms with Gasteiger partial charge in [-0.3, -0.25) is 9.59 Å². The largest absolute Gasteiger partial charge is 0.544 e. The van der Waals surface area contributed by atoms with Crippen LogP contribution in [0.3, 0.4) is 0 Å². The Labute approximate surface area is 318 Å². The number of allylic oxidation sites excluding steroid dienone is 8. The Hall–Kier alpha value is -2.71. The van der Waals surface area contributed by atoms with Crippen molar-refractivity contribution >= 4 is 17.9 Å². The first-order valence-corrected chi connectivity index (χ1v) is 20.7. The molecular formula is C44H77NO7. The Morgan fingerprint density at radius 3 is 1.65 bits per heavy atom. The molecule has 2 atom stereocenters. The van der Waals surface area contributed by atoms with Crippen molar-refractivity contribution in [3.05, 3.63) is 48.6 Å². The van der Waals surface area contributed by atoms with E-state index in [1.807, 2.05) is 0 Å². The minimum atomic E-state index is -1.13. The normalized spacial score (nSPS) is 13.5. The highest BCUT2D eigenvalue weighted by Crippen LogP contribution is 2.13. The Morgan fingerprint density at radius 2 is 1.08 bits per heavy atom. The predicted molar refractivity (Wildman–Crippen MR) is 213 cm³/mol. The average Bonchev–Trinajstić information content (AvgIpc) is 3.09. The standard InChI is InChI=1S/C44H77NO7/c1-6-8-10-12-14-16-18-20-21-22-23-25-27-29-31-33-35-43(47)52-40(38-50-37-36-41(44(48)49)45(3,4)5)39-51-42(46)34-32-30-28-26-24-19-17-15-13-11-9-7-2/h9,11,15,17,21-22,24,26,40-41H,6-8,10,12-14,16,18-20,23,25,27-39H2,1-5H3/b11-9+,17-15+,22-21+,26-24+. The lowest BCUT2D eigenvalue weighted by Crippen LogP contribution is -2.55. The van der Waals surface area contributed by atoms with Crippen LogP contribution in [-0.2, 0) is 28.6 Å². The fourth-order valence-electron chi connectivity index (χ4n) is 5.73. The smallest absolute Gasteiger partial charge is 0.306 e. The summed E-state index contributed by atoms with van der Waals surface area (Å²) in [6.07, 6.45) is 40.0. The van der Waals surface area contributed by atoms with Gasteiger partial charge in [0, 0.05) is 19.3 Å². The number of carboxylic acids is 1. The van der Waals surface area contributed by atoms with Crippen LogP contribution in [0.4, 0.5) is 0 Å². The fraction of sp³-hybridized carbons (Fsp3) is 0.750. The number of aliphatic carboxylic acids is 1. The van der Waals surface area contributed by atoms with Crippen molar-refractivity contribution in [1.29, 1.82) is 0 Å². The third-order valence-corrected chi connectivity index (χ3v) is 8.95. The monoisotopic (exact) mass is 732 g/mol. The van der Waals surface area contributed by atoms with E-state index in [2.05, 4.69) is 62.5 Å². The second-order valence-corrected chi connectivity index (χ2v) is 14.8. The number of nitrogens with zero attached hydrogens (tertiary/aromatic N) is 1. The number of likely N-dealkylation sites (N-methyl/N-ethyl adjacent to an activating group) is 1. The number of carboxylic acid groups (broad SMARTS) is 1. The van der Waals surface area contributed by atoms with Crippen LogP contribution in [0.15, 0.2) is 48.6 Å². The average molecular weight is 732 g/mol. The van der Waals surface area contributed by atoms with E-state index in [9.17, 15) is 19.5 Å². The molecule has 0 aromatic rings. The summed E-state index contributed by atoms with van der Waals surface area (Å²) >= 11 is 0. The van der Waals surface area contributed by atoms with Crippen LogP contribution in [0.5, 0.6) is 0 Å². The molecule has 8 heteroatoms. The van der Waals surface area contributed by atoms with Gasteiger partial charge in [-0.05, 0) is 70.6 Å². The molecule has 0 saturated heterocycles. The molecule has 0 fully saturated rings. The fourth-order valence-corrected chi connectivity index (χ4v) is 5.73. The molecular weight excluding hydrogens is 654 g/mol. The maximum atomic E-state index is 12.7. The molecule has 0 spiro atoms. The molecule has 0 aliphatic heterocycles. The van der Waals surface area contributed by atoms with Crippen molar-refractivity contribution in [2.45, 2.75) is 174 Å². The van der Waals surface area contributed by atoms with Crippen molar-refractivity contribution in [2.75, 3.05) is 41.0 Å². The zero-order valence-electron chi connectivity index (χ0n) is 34.0. The van der Waals surface area contributed by atoms with E-state index in [1.165, 1.54) is 57.8 Å². The van der Waals surface area contributed by atoms with Crippen LogP contribution < -0.4 is 5.11 Å². The van der Waals surface area contributed by atoms with E-state index in [4.69, 9.17) is 14.2 Å². The molecule has 0 saturated carbocycles. The zero-order valence-corrected chi connectivity index (χ0v) is 34.0. The number of rotatable bonds is 36. The quantitative estimate of drug-likeness (QED) is 0.0274. The molecule has 0 amide bonds. The lowest BCUT2D eigenvalue weighted by atomic mass is 10.1. The highest BCUT2D eigenvalue weighted by atomic mass is 16.6. The van der Waals surface area contributed by atoms with Crippen LogP contribution >= 0.6 is 0 Å². The first-order chi connectivity index (χ1) is 25.1. The zero-order chi connectivity index (χ0) is 38.5. The van der Waals surface area contributed by atoms with Gasteiger partial charge < -0.3 is 28.6 Å². The number of unbranched alkanes of at least 4 members (excludes halogenated alkanes) is 14. The van der Waals surface area contributed by atoms with Crippen LogP contribution in [0.1, 0.15) is 162 Å². The first-order valence-electron chi connectivity index (χ1n) is 20.7. The van der Waals surface area contributed by atoms with E-state index >= 15 is 0 Å². The van der Waals surface area contributed by atoms with Crippen molar-refractivity contribution in [3.8, 4) is 0 Å². The number of esters is 2. The van der Waals surface area contributed by atoms with Crippen molar-refractivity contribution in [1.82, 2.24) is 0 Å². The van der Waals surface area contributed by atoms with Gasteiger partial charge in [-0.2, -0.15) is 0 Å². The van der Waals surface area contributed by atoms with Gasteiger partial charge in [-0.1, -0.05) is 120 Å². The van der Waals surface area contributed by atoms with Gasteiger partial charge in [0.2, 0.25) is 0 Å². The topological polar surface area (TPSA) is 102 Å². The molecule has 2 unspecified atom stereocenters. The van der Waals surface area contributed by atoms with Gasteiger partial charge in [0.25, 0.3) is 0 Å². The van der Waals surface area contributed by atoms with Gasteiger partial charge in [0.05, 0.1) is 40.3 Å². The van der Waals surface area contributed by atoms with Crippen molar-refractivity contribution in [2.24, 2.45) is 0 Å². The molecule has 8 nitrogen and oxygen atoms in total. The van der Waals surface area contributed by atoms with Gasteiger partial charge >= 0.3 is 11.9 Å². The lowest BCUT2D eigenvalue weighted by molar-refractivity contribution is -0.889. The Kier molecular flexibility index (Phi) is 33.5. The van der Waals surface area contributed by atoms with E-state index in [0.717, 1.165) is 64.2 Å². The summed E-state index contributed by atoms with van der Waals surface area (Å²) in [5.41, 5.74) is 0. The first kappa shape index (κ1) is 49.3. The van der Waals surface area contributed by atoms with Crippen LogP contribution in [0, 0.1) is 0 Å². The molecule has 300 valence electrons. The summed E-state index contributed by atoms with van der Waals surface area (Å²) in [4.78, 5) is 36.7. The van der Waals surface area contributed by atoms with Crippen LogP contribution in [0.2, 0.25) is 0 Å². The Balaban J connectivity index is 4.44. The number of hydrogen-bond acceptors (Lipinski definition) is 7. The van der Waals surface area contributed by atoms with Gasteiger partial charge in [0.15, 0.2) is 6.10 Å². The highest BCUT2D eigenvalue weighted by Gasteiger charge is 2.25. The summed E-state index contributed by atoms with van der Waals surface area (Å²) in [6.45, 7) is 4.48. The SMILES string of the molecule is CC/C=C/C/C=C/C/C=C/CCCCC(=O)OCC(COCCC(C(=O)[O-])[N+](C)(C)C)OC(=O)CCCCCCC/C=C/CCCCCCCCC. The number of ether oxygens (including phenoxy) is 3. The van der Waals surface area contributed by atoms with Crippen molar-refractivity contribution in [3.63, 3.8) is 0 Å². The summed E-state index contributed by atoms with van der Waals surface area (Å²) in [6, 6.07) is -0.732. The second-order valence-electron chi connectivity index (χ2n) is 14.8. The van der Waals surface area contributed by atoms with E-state index in [-0.39, 0.29) is 42.7 Å². The third-order valence-electron chi connectivity index (χ3n) is 8.95. The molecule has 0 aromatic carbocycles. The van der Waals surface area contributed by atoms with E-state index in [1.54, 1.807) is 21.1 Å². The van der Waals surface area contributed by atoms with Gasteiger partial charge in [0.1, 0.15) is 12.6 Å². The minimum absolute atomic E-state index is 0.0243. The molecule has 0 aliphatic carbocycles.